The fourth-order valence-electron chi connectivity index (χ4n) is 3.90. The molecule has 0 N–H and O–H groups in total. The second-order valence-electron chi connectivity index (χ2n) is 7.31. The molecule has 0 atom stereocenters. The van der Waals surface area contributed by atoms with Gasteiger partial charge in [-0.05, 0) is 23.6 Å². The fourth-order valence-corrected chi connectivity index (χ4v) is 6.47. The van der Waals surface area contributed by atoms with E-state index in [1.165, 1.54) is 11.3 Å². The zero-order chi connectivity index (χ0) is 20.6. The Bertz CT molecular complexity index is 1240. The molecule has 1 fully saturated rings. The first-order valence-corrected chi connectivity index (χ1v) is 12.2. The van der Waals surface area contributed by atoms with Crippen LogP contribution in [0, 0.1) is 0 Å². The van der Waals surface area contributed by atoms with Crippen molar-refractivity contribution < 1.29 is 8.42 Å². The highest BCUT2D eigenvalue weighted by atomic mass is 32.2. The molecule has 0 radical (unpaired) electrons. The summed E-state index contributed by atoms with van der Waals surface area (Å²) in [5.41, 5.74) is 4.13. The molecule has 0 saturated carbocycles. The molecule has 154 valence electrons. The summed E-state index contributed by atoms with van der Waals surface area (Å²) in [4.78, 5) is 7.18. The average Bonchev–Trinajstić information content (AvgIpc) is 3.44. The van der Waals surface area contributed by atoms with E-state index in [4.69, 9.17) is 4.98 Å². The Morgan fingerprint density at radius 1 is 0.900 bits per heavy atom. The largest absolute Gasteiger partial charge is 0.302 e. The van der Waals surface area contributed by atoms with Crippen molar-refractivity contribution >= 4 is 27.0 Å². The summed E-state index contributed by atoms with van der Waals surface area (Å²) in [7, 11) is -3.38. The number of rotatable bonds is 5. The quantitative estimate of drug-likeness (QED) is 0.478. The summed E-state index contributed by atoms with van der Waals surface area (Å²) in [6.07, 6.45) is 2.04. The maximum absolute atomic E-state index is 12.8. The van der Waals surface area contributed by atoms with Crippen LogP contribution in [0.5, 0.6) is 0 Å². The minimum atomic E-state index is -3.38. The van der Waals surface area contributed by atoms with Crippen molar-refractivity contribution in [2.24, 2.45) is 0 Å². The molecule has 1 aliphatic heterocycles. The molecule has 3 aromatic heterocycles. The van der Waals surface area contributed by atoms with Gasteiger partial charge in [-0.1, -0.05) is 42.5 Å². The van der Waals surface area contributed by atoms with E-state index in [1.807, 2.05) is 42.6 Å². The van der Waals surface area contributed by atoms with Gasteiger partial charge in [0.15, 0.2) is 0 Å². The number of fused-ring (bicyclic) bond motifs is 1. The lowest BCUT2D eigenvalue weighted by Crippen LogP contribution is -2.48. The maximum Gasteiger partial charge on any atom is 0.252 e. The van der Waals surface area contributed by atoms with Crippen LogP contribution in [-0.4, -0.2) is 53.2 Å². The van der Waals surface area contributed by atoms with E-state index in [0.717, 1.165) is 29.1 Å². The Morgan fingerprint density at radius 2 is 1.67 bits per heavy atom. The Hall–Kier alpha value is -2.52. The third-order valence-electron chi connectivity index (χ3n) is 5.47. The fraction of sp³-hybridized carbons (Fsp3) is 0.227. The van der Waals surface area contributed by atoms with Crippen LogP contribution in [0.15, 0.2) is 76.4 Å². The Morgan fingerprint density at radius 3 is 2.40 bits per heavy atom. The van der Waals surface area contributed by atoms with E-state index < -0.39 is 10.0 Å². The molecule has 4 heterocycles. The molecule has 4 aromatic rings. The van der Waals surface area contributed by atoms with Crippen molar-refractivity contribution in [3.63, 3.8) is 0 Å². The summed E-state index contributed by atoms with van der Waals surface area (Å²) >= 11 is 1.27. The summed E-state index contributed by atoms with van der Waals surface area (Å²) in [5, 5.41) is 1.80. The van der Waals surface area contributed by atoms with Crippen LogP contribution in [0.25, 0.3) is 16.9 Å². The highest BCUT2D eigenvalue weighted by Gasteiger charge is 2.29. The lowest BCUT2D eigenvalue weighted by molar-refractivity contribution is 0.180. The second kappa shape index (κ2) is 7.96. The van der Waals surface area contributed by atoms with Gasteiger partial charge in [-0.3, -0.25) is 4.90 Å². The van der Waals surface area contributed by atoms with Crippen molar-refractivity contribution in [3.8, 4) is 11.3 Å². The van der Waals surface area contributed by atoms with Gasteiger partial charge in [0.25, 0.3) is 10.0 Å². The van der Waals surface area contributed by atoms with Crippen molar-refractivity contribution in [2.45, 2.75) is 10.8 Å². The number of sulfonamides is 1. The van der Waals surface area contributed by atoms with Crippen LogP contribution in [0.2, 0.25) is 0 Å². The molecule has 1 aromatic carbocycles. The predicted molar refractivity (Wildman–Crippen MR) is 119 cm³/mol. The highest BCUT2D eigenvalue weighted by Crippen LogP contribution is 2.27. The molecule has 5 rings (SSSR count). The minimum absolute atomic E-state index is 0.420. The summed E-state index contributed by atoms with van der Waals surface area (Å²) in [6, 6.07) is 19.7. The first-order chi connectivity index (χ1) is 14.6. The number of aromatic nitrogens is 2. The van der Waals surface area contributed by atoms with Gasteiger partial charge >= 0.3 is 0 Å². The average molecular weight is 439 g/mol. The zero-order valence-corrected chi connectivity index (χ0v) is 18.0. The van der Waals surface area contributed by atoms with E-state index in [9.17, 15) is 8.42 Å². The molecule has 0 bridgehead atoms. The van der Waals surface area contributed by atoms with Crippen molar-refractivity contribution in [2.75, 3.05) is 26.2 Å². The summed E-state index contributed by atoms with van der Waals surface area (Å²) in [6.45, 7) is 3.11. The summed E-state index contributed by atoms with van der Waals surface area (Å²) in [5.74, 6) is 0. The molecule has 0 aliphatic carbocycles. The molecule has 1 saturated heterocycles. The summed E-state index contributed by atoms with van der Waals surface area (Å²) < 4.78 is 29.7. The molecule has 30 heavy (non-hydrogen) atoms. The van der Waals surface area contributed by atoms with Crippen LogP contribution in [0.3, 0.4) is 0 Å². The first kappa shape index (κ1) is 19.4. The number of hydrogen-bond acceptors (Lipinski definition) is 5. The standard InChI is InChI=1S/C22H22N4O2S2/c27-30(28,21-10-6-16-29-21)25-14-12-24(13-15-25)17-19-22(18-7-2-1-3-8-18)23-20-9-4-5-11-26(19)20/h1-11,16H,12-15,17H2. The number of nitrogens with zero attached hydrogens (tertiary/aromatic N) is 4. The van der Waals surface area contributed by atoms with Gasteiger partial charge in [-0.15, -0.1) is 11.3 Å². The van der Waals surface area contributed by atoms with Gasteiger partial charge in [0, 0.05) is 44.5 Å². The van der Waals surface area contributed by atoms with E-state index in [1.54, 1.807) is 21.8 Å². The van der Waals surface area contributed by atoms with E-state index >= 15 is 0 Å². The van der Waals surface area contributed by atoms with Crippen molar-refractivity contribution in [3.05, 3.63) is 77.9 Å². The number of pyridine rings is 1. The normalized spacial score (nSPS) is 16.3. The number of benzene rings is 1. The monoisotopic (exact) mass is 438 g/mol. The molecule has 0 amide bonds. The SMILES string of the molecule is O=S(=O)(c1cccs1)N1CCN(Cc2c(-c3ccccc3)nc3ccccn23)CC1. The van der Waals surface area contributed by atoms with E-state index in [2.05, 4.69) is 21.4 Å². The smallest absolute Gasteiger partial charge is 0.252 e. The lowest BCUT2D eigenvalue weighted by Gasteiger charge is -2.33. The molecule has 0 unspecified atom stereocenters. The van der Waals surface area contributed by atoms with Gasteiger partial charge in [0.2, 0.25) is 0 Å². The van der Waals surface area contributed by atoms with Crippen LogP contribution >= 0.6 is 11.3 Å². The van der Waals surface area contributed by atoms with Crippen LogP contribution in [0.1, 0.15) is 5.69 Å². The Kier molecular flexibility index (Phi) is 5.16. The van der Waals surface area contributed by atoms with Gasteiger partial charge in [-0.2, -0.15) is 4.31 Å². The third-order valence-corrected chi connectivity index (χ3v) is 8.74. The lowest BCUT2D eigenvalue weighted by atomic mass is 10.1. The minimum Gasteiger partial charge on any atom is -0.302 e. The highest BCUT2D eigenvalue weighted by molar-refractivity contribution is 7.91. The Balaban J connectivity index is 1.38. The number of imidazole rings is 1. The zero-order valence-electron chi connectivity index (χ0n) is 16.4. The first-order valence-electron chi connectivity index (χ1n) is 9.90. The molecule has 0 spiro atoms. The molecular formula is C22H22N4O2S2. The molecule has 6 nitrogen and oxygen atoms in total. The van der Waals surface area contributed by atoms with Crippen LogP contribution in [0.4, 0.5) is 0 Å². The van der Waals surface area contributed by atoms with E-state index in [-0.39, 0.29) is 0 Å². The van der Waals surface area contributed by atoms with Crippen LogP contribution in [-0.2, 0) is 16.6 Å². The van der Waals surface area contributed by atoms with Gasteiger partial charge in [-0.25, -0.2) is 13.4 Å². The third kappa shape index (κ3) is 3.56. The maximum atomic E-state index is 12.8. The molecule has 8 heteroatoms. The van der Waals surface area contributed by atoms with Crippen LogP contribution < -0.4 is 0 Å². The van der Waals surface area contributed by atoms with E-state index in [0.29, 0.717) is 30.4 Å². The van der Waals surface area contributed by atoms with Gasteiger partial charge in [0.1, 0.15) is 9.86 Å². The number of thiophene rings is 1. The second-order valence-corrected chi connectivity index (χ2v) is 10.4. The number of piperazine rings is 1. The molecular weight excluding hydrogens is 416 g/mol. The molecule has 1 aliphatic rings. The Labute approximate surface area is 180 Å². The topological polar surface area (TPSA) is 57.9 Å². The van der Waals surface area contributed by atoms with Crippen molar-refractivity contribution in [1.29, 1.82) is 0 Å². The van der Waals surface area contributed by atoms with Gasteiger partial charge < -0.3 is 4.40 Å². The number of hydrogen-bond donors (Lipinski definition) is 0. The van der Waals surface area contributed by atoms with Crippen molar-refractivity contribution in [1.82, 2.24) is 18.6 Å². The van der Waals surface area contributed by atoms with Gasteiger partial charge in [0.05, 0.1) is 11.4 Å². The predicted octanol–water partition coefficient (Wildman–Crippen LogP) is 3.57.